The Bertz CT molecular complexity index is 737. The van der Waals surface area contributed by atoms with E-state index in [9.17, 15) is 14.0 Å². The summed E-state index contributed by atoms with van der Waals surface area (Å²) in [5.74, 6) is -1.92. The zero-order chi connectivity index (χ0) is 16.6. The minimum absolute atomic E-state index is 0.00377. The minimum Gasteiger partial charge on any atom is -0.475 e. The Morgan fingerprint density at radius 1 is 1.17 bits per heavy atom. The van der Waals surface area contributed by atoms with Gasteiger partial charge in [-0.2, -0.15) is 0 Å². The molecule has 2 heterocycles. The van der Waals surface area contributed by atoms with Crippen molar-refractivity contribution in [3.8, 4) is 0 Å². The van der Waals surface area contributed by atoms with Gasteiger partial charge >= 0.3 is 5.97 Å². The number of halogens is 1. The average Bonchev–Trinajstić information content (AvgIpc) is 3.14. The number of hydrogen-bond acceptors (Lipinski definition) is 3. The number of carboxylic acid groups (broad SMARTS) is 1. The smallest absolute Gasteiger partial charge is 0.371 e. The quantitative estimate of drug-likeness (QED) is 0.944. The molecule has 1 fully saturated rings. The first kappa shape index (κ1) is 15.3. The molecule has 2 aromatic rings. The second kappa shape index (κ2) is 5.87. The van der Waals surface area contributed by atoms with Crippen LogP contribution in [0, 0.1) is 5.82 Å². The maximum Gasteiger partial charge on any atom is 0.371 e. The monoisotopic (exact) mass is 317 g/mol. The van der Waals surface area contributed by atoms with E-state index in [1.54, 1.807) is 17.0 Å². The molecule has 0 spiro atoms. The maximum atomic E-state index is 13.0. The Balaban J connectivity index is 1.76. The predicted molar refractivity (Wildman–Crippen MR) is 79.9 cm³/mol. The van der Waals surface area contributed by atoms with E-state index in [0.29, 0.717) is 6.54 Å². The van der Waals surface area contributed by atoms with Crippen molar-refractivity contribution in [2.24, 2.45) is 0 Å². The van der Waals surface area contributed by atoms with Gasteiger partial charge < -0.3 is 14.4 Å². The average molecular weight is 317 g/mol. The molecule has 0 aliphatic carbocycles. The van der Waals surface area contributed by atoms with Crippen LogP contribution in [-0.4, -0.2) is 34.5 Å². The van der Waals surface area contributed by atoms with Crippen LogP contribution in [0.1, 0.15) is 45.9 Å². The number of carbonyl (C=O) groups is 2. The van der Waals surface area contributed by atoms with Crippen molar-refractivity contribution >= 4 is 11.9 Å². The van der Waals surface area contributed by atoms with Crippen LogP contribution in [0.15, 0.2) is 40.8 Å². The largest absolute Gasteiger partial charge is 0.475 e. The van der Waals surface area contributed by atoms with E-state index < -0.39 is 5.97 Å². The molecule has 1 aliphatic rings. The number of furan rings is 1. The van der Waals surface area contributed by atoms with E-state index >= 15 is 0 Å². The van der Waals surface area contributed by atoms with Crippen LogP contribution in [0.2, 0.25) is 0 Å². The molecule has 0 unspecified atom stereocenters. The molecule has 1 aliphatic heterocycles. The molecule has 2 atom stereocenters. The summed E-state index contributed by atoms with van der Waals surface area (Å²) in [6, 6.07) is 8.94. The maximum absolute atomic E-state index is 13.0. The number of nitrogens with zero attached hydrogens (tertiary/aromatic N) is 1. The van der Waals surface area contributed by atoms with E-state index in [4.69, 9.17) is 9.52 Å². The van der Waals surface area contributed by atoms with Crippen LogP contribution in [0.5, 0.6) is 0 Å². The Morgan fingerprint density at radius 3 is 2.43 bits per heavy atom. The van der Waals surface area contributed by atoms with Crippen LogP contribution in [0.25, 0.3) is 0 Å². The lowest BCUT2D eigenvalue weighted by atomic mass is 9.97. The third-order valence-electron chi connectivity index (χ3n) is 4.20. The van der Waals surface area contributed by atoms with E-state index in [2.05, 4.69) is 0 Å². The Hall–Kier alpha value is -2.63. The summed E-state index contributed by atoms with van der Waals surface area (Å²) in [4.78, 5) is 25.0. The molecule has 0 saturated carbocycles. The lowest BCUT2D eigenvalue weighted by Crippen LogP contribution is -2.33. The van der Waals surface area contributed by atoms with Gasteiger partial charge in [0.25, 0.3) is 5.91 Å². The zero-order valence-corrected chi connectivity index (χ0v) is 12.5. The van der Waals surface area contributed by atoms with Crippen molar-refractivity contribution in [1.82, 2.24) is 4.90 Å². The second-order valence-corrected chi connectivity index (χ2v) is 5.76. The Kier molecular flexibility index (Phi) is 3.90. The molecule has 6 heteroatoms. The SMILES string of the molecule is C[C@@H]1C[C@H](c2ccc(F)cc2)CN1C(=O)c1ccc(C(=O)O)o1. The highest BCUT2D eigenvalue weighted by atomic mass is 19.1. The van der Waals surface area contributed by atoms with Crippen molar-refractivity contribution in [1.29, 1.82) is 0 Å². The van der Waals surface area contributed by atoms with Gasteiger partial charge in [-0.05, 0) is 43.2 Å². The molecule has 120 valence electrons. The van der Waals surface area contributed by atoms with Crippen molar-refractivity contribution in [2.45, 2.75) is 25.3 Å². The summed E-state index contributed by atoms with van der Waals surface area (Å²) >= 11 is 0. The first-order chi connectivity index (χ1) is 11.0. The minimum atomic E-state index is -1.21. The molecular weight excluding hydrogens is 301 g/mol. The predicted octanol–water partition coefficient (Wildman–Crippen LogP) is 3.14. The highest BCUT2D eigenvalue weighted by Gasteiger charge is 2.35. The Labute approximate surface area is 132 Å². The number of aromatic carboxylic acids is 1. The van der Waals surface area contributed by atoms with Crippen molar-refractivity contribution in [2.75, 3.05) is 6.54 Å². The van der Waals surface area contributed by atoms with Gasteiger partial charge in [0.1, 0.15) is 5.82 Å². The number of likely N-dealkylation sites (tertiary alicyclic amines) is 1. The molecule has 1 amide bonds. The summed E-state index contributed by atoms with van der Waals surface area (Å²) in [6.45, 7) is 2.43. The van der Waals surface area contributed by atoms with Gasteiger partial charge in [0.15, 0.2) is 5.76 Å². The van der Waals surface area contributed by atoms with Gasteiger partial charge in [-0.25, -0.2) is 9.18 Å². The molecule has 1 N–H and O–H groups in total. The van der Waals surface area contributed by atoms with Gasteiger partial charge in [0, 0.05) is 18.5 Å². The van der Waals surface area contributed by atoms with Gasteiger partial charge in [-0.3, -0.25) is 4.79 Å². The number of carboxylic acids is 1. The van der Waals surface area contributed by atoms with Crippen LogP contribution in [0.3, 0.4) is 0 Å². The van der Waals surface area contributed by atoms with Crippen molar-refractivity contribution < 1.29 is 23.5 Å². The molecule has 5 nitrogen and oxygen atoms in total. The normalized spacial score (nSPS) is 20.7. The zero-order valence-electron chi connectivity index (χ0n) is 12.5. The lowest BCUT2D eigenvalue weighted by molar-refractivity contribution is 0.0648. The summed E-state index contributed by atoms with van der Waals surface area (Å²) in [6.07, 6.45) is 0.768. The van der Waals surface area contributed by atoms with Crippen LogP contribution < -0.4 is 0 Å². The number of hydrogen-bond donors (Lipinski definition) is 1. The first-order valence-electron chi connectivity index (χ1n) is 7.35. The number of amides is 1. The highest BCUT2D eigenvalue weighted by Crippen LogP contribution is 2.32. The van der Waals surface area contributed by atoms with Crippen LogP contribution in [0.4, 0.5) is 4.39 Å². The fourth-order valence-electron chi connectivity index (χ4n) is 3.00. The molecule has 23 heavy (non-hydrogen) atoms. The molecule has 1 aromatic heterocycles. The summed E-state index contributed by atoms with van der Waals surface area (Å²) in [7, 11) is 0. The van der Waals surface area contributed by atoms with E-state index in [1.165, 1.54) is 24.3 Å². The topological polar surface area (TPSA) is 70.8 Å². The highest BCUT2D eigenvalue weighted by molar-refractivity contribution is 5.94. The molecule has 0 bridgehead atoms. The third kappa shape index (κ3) is 2.97. The first-order valence-corrected chi connectivity index (χ1v) is 7.35. The number of benzene rings is 1. The second-order valence-electron chi connectivity index (χ2n) is 5.76. The lowest BCUT2D eigenvalue weighted by Gasteiger charge is -2.20. The van der Waals surface area contributed by atoms with Gasteiger partial charge in [0.2, 0.25) is 5.76 Å². The number of rotatable bonds is 3. The fraction of sp³-hybridized carbons (Fsp3) is 0.294. The Morgan fingerprint density at radius 2 is 1.83 bits per heavy atom. The van der Waals surface area contributed by atoms with E-state index in [0.717, 1.165) is 12.0 Å². The standard InChI is InChI=1S/C17H16FNO4/c1-10-8-12(11-2-4-13(18)5-3-11)9-19(10)16(20)14-6-7-15(23-14)17(21)22/h2-7,10,12H,8-9H2,1H3,(H,21,22)/t10-,12+/m1/s1. The van der Waals surface area contributed by atoms with Crippen LogP contribution >= 0.6 is 0 Å². The molecule has 1 aromatic carbocycles. The van der Waals surface area contributed by atoms with Gasteiger partial charge in [-0.15, -0.1) is 0 Å². The van der Waals surface area contributed by atoms with E-state index in [-0.39, 0.29) is 35.2 Å². The summed E-state index contributed by atoms with van der Waals surface area (Å²) < 4.78 is 18.1. The van der Waals surface area contributed by atoms with E-state index in [1.807, 2.05) is 6.92 Å². The summed E-state index contributed by atoms with van der Waals surface area (Å²) in [5.41, 5.74) is 0.985. The third-order valence-corrected chi connectivity index (χ3v) is 4.20. The number of carbonyl (C=O) groups excluding carboxylic acids is 1. The van der Waals surface area contributed by atoms with Crippen molar-refractivity contribution in [3.05, 3.63) is 59.3 Å². The van der Waals surface area contributed by atoms with Crippen LogP contribution in [-0.2, 0) is 0 Å². The van der Waals surface area contributed by atoms with Gasteiger partial charge in [0.05, 0.1) is 0 Å². The molecule has 3 rings (SSSR count). The molecular formula is C17H16FNO4. The molecule has 1 saturated heterocycles. The van der Waals surface area contributed by atoms with Crippen molar-refractivity contribution in [3.63, 3.8) is 0 Å². The molecule has 0 radical (unpaired) electrons. The fourth-order valence-corrected chi connectivity index (χ4v) is 3.00. The summed E-state index contributed by atoms with van der Waals surface area (Å²) in [5, 5.41) is 8.86. The van der Waals surface area contributed by atoms with Gasteiger partial charge in [-0.1, -0.05) is 12.1 Å².